The maximum Gasteiger partial charge on any atom is 0.411 e. The van der Waals surface area contributed by atoms with E-state index in [4.69, 9.17) is 0 Å². The summed E-state index contributed by atoms with van der Waals surface area (Å²) in [4.78, 5) is 27.9. The topological polar surface area (TPSA) is 92.4 Å². The van der Waals surface area contributed by atoms with Crippen molar-refractivity contribution in [3.8, 4) is 0 Å². The van der Waals surface area contributed by atoms with E-state index in [2.05, 4.69) is 25.7 Å². The Morgan fingerprint density at radius 2 is 1.82 bits per heavy atom. The second-order valence-electron chi connectivity index (χ2n) is 4.35. The zero-order valence-corrected chi connectivity index (χ0v) is 13.0. The average Bonchev–Trinajstić information content (AvgIpc) is 2.92. The van der Waals surface area contributed by atoms with Crippen molar-refractivity contribution in [2.24, 2.45) is 0 Å². The van der Waals surface area contributed by atoms with E-state index in [1.807, 2.05) is 6.92 Å². The Labute approximate surface area is 131 Å². The van der Waals surface area contributed by atoms with Crippen molar-refractivity contribution in [3.63, 3.8) is 0 Å². The molecule has 0 aliphatic rings. The summed E-state index contributed by atoms with van der Waals surface area (Å²) in [5, 5.41) is 8.94. The Morgan fingerprint density at radius 3 is 2.36 bits per heavy atom. The minimum atomic E-state index is -0.543. The lowest BCUT2D eigenvalue weighted by Gasteiger charge is -2.08. The van der Waals surface area contributed by atoms with E-state index in [9.17, 15) is 9.59 Å². The molecule has 1 aromatic heterocycles. The number of carbonyl (C=O) groups excluding carboxylic acids is 2. The van der Waals surface area contributed by atoms with E-state index >= 15 is 0 Å². The van der Waals surface area contributed by atoms with Gasteiger partial charge < -0.3 is 15.4 Å². The molecule has 0 radical (unpaired) electrons. The molecule has 0 saturated carbocycles. The predicted octanol–water partition coefficient (Wildman–Crippen LogP) is 2.95. The molecule has 2 rings (SSSR count). The van der Waals surface area contributed by atoms with Crippen LogP contribution in [0.3, 0.4) is 0 Å². The summed E-state index contributed by atoms with van der Waals surface area (Å²) in [7, 11) is 1.29. The highest BCUT2D eigenvalue weighted by molar-refractivity contribution is 7.11. The molecule has 0 bridgehead atoms. The van der Waals surface area contributed by atoms with Crippen LogP contribution in [0.4, 0.5) is 21.0 Å². The number of ether oxygens (including phenoxy) is 1. The molecule has 2 aromatic rings. The van der Waals surface area contributed by atoms with Gasteiger partial charge in [-0.25, -0.2) is 14.6 Å². The standard InChI is InChI=1S/C14H16N4O3S/c1-9-15-7-12(22-9)8-16-13(19)17-10-3-5-11(6-4-10)18-14(20)21-2/h3-7H,8H2,1-2H3,(H,18,20)(H2,16,17,19). The van der Waals surface area contributed by atoms with Crippen molar-refractivity contribution >= 4 is 34.8 Å². The molecule has 7 nitrogen and oxygen atoms in total. The van der Waals surface area contributed by atoms with Crippen molar-refractivity contribution in [3.05, 3.63) is 40.3 Å². The van der Waals surface area contributed by atoms with Gasteiger partial charge in [-0.15, -0.1) is 11.3 Å². The van der Waals surface area contributed by atoms with Gasteiger partial charge in [-0.3, -0.25) is 5.32 Å². The first kappa shape index (κ1) is 15.8. The van der Waals surface area contributed by atoms with Crippen LogP contribution in [0.5, 0.6) is 0 Å². The normalized spacial score (nSPS) is 9.91. The molecule has 116 valence electrons. The summed E-state index contributed by atoms with van der Waals surface area (Å²) >= 11 is 1.54. The molecule has 0 saturated heterocycles. The fourth-order valence-electron chi connectivity index (χ4n) is 1.64. The first-order valence-electron chi connectivity index (χ1n) is 6.48. The summed E-state index contributed by atoms with van der Waals surface area (Å²) < 4.78 is 4.49. The van der Waals surface area contributed by atoms with Crippen molar-refractivity contribution in [2.45, 2.75) is 13.5 Å². The molecule has 0 aliphatic heterocycles. The highest BCUT2D eigenvalue weighted by Crippen LogP contribution is 2.14. The van der Waals surface area contributed by atoms with Crippen LogP contribution in [-0.4, -0.2) is 24.2 Å². The largest absolute Gasteiger partial charge is 0.453 e. The molecule has 0 aliphatic carbocycles. The molecule has 1 heterocycles. The number of aryl methyl sites for hydroxylation is 1. The van der Waals surface area contributed by atoms with Gasteiger partial charge in [0.25, 0.3) is 0 Å². The Balaban J connectivity index is 1.82. The van der Waals surface area contributed by atoms with E-state index < -0.39 is 6.09 Å². The molecule has 8 heteroatoms. The quantitative estimate of drug-likeness (QED) is 0.807. The molecule has 0 unspecified atom stereocenters. The van der Waals surface area contributed by atoms with E-state index in [1.54, 1.807) is 41.8 Å². The van der Waals surface area contributed by atoms with Crippen molar-refractivity contribution < 1.29 is 14.3 Å². The minimum Gasteiger partial charge on any atom is -0.453 e. The lowest BCUT2D eigenvalue weighted by atomic mass is 10.3. The fourth-order valence-corrected chi connectivity index (χ4v) is 2.37. The smallest absolute Gasteiger partial charge is 0.411 e. The third-order valence-corrected chi connectivity index (χ3v) is 3.58. The van der Waals surface area contributed by atoms with Gasteiger partial charge >= 0.3 is 12.1 Å². The number of rotatable bonds is 4. The van der Waals surface area contributed by atoms with E-state index in [0.717, 1.165) is 9.88 Å². The monoisotopic (exact) mass is 320 g/mol. The van der Waals surface area contributed by atoms with Gasteiger partial charge in [0.15, 0.2) is 0 Å². The Bertz CT molecular complexity index is 654. The number of amides is 3. The molecule has 3 N–H and O–H groups in total. The van der Waals surface area contributed by atoms with Crippen molar-refractivity contribution in [1.29, 1.82) is 0 Å². The molecule has 22 heavy (non-hydrogen) atoms. The number of hydrogen-bond acceptors (Lipinski definition) is 5. The van der Waals surface area contributed by atoms with Crippen LogP contribution in [0, 0.1) is 6.92 Å². The zero-order chi connectivity index (χ0) is 15.9. The number of hydrogen-bond donors (Lipinski definition) is 3. The number of aromatic nitrogens is 1. The Kier molecular flexibility index (Phi) is 5.31. The fraction of sp³-hybridized carbons (Fsp3) is 0.214. The summed E-state index contributed by atoms with van der Waals surface area (Å²) in [5.41, 5.74) is 1.20. The zero-order valence-electron chi connectivity index (χ0n) is 12.2. The van der Waals surface area contributed by atoms with Gasteiger partial charge in [0.2, 0.25) is 0 Å². The summed E-state index contributed by atoms with van der Waals surface area (Å²) in [6.07, 6.45) is 1.20. The van der Waals surface area contributed by atoms with Gasteiger partial charge in [-0.1, -0.05) is 0 Å². The summed E-state index contributed by atoms with van der Waals surface area (Å²) in [6.45, 7) is 2.34. The molecule has 0 fully saturated rings. The summed E-state index contributed by atoms with van der Waals surface area (Å²) in [5.74, 6) is 0. The lowest BCUT2D eigenvalue weighted by Crippen LogP contribution is -2.27. The number of methoxy groups -OCH3 is 1. The first-order valence-corrected chi connectivity index (χ1v) is 7.29. The number of carbonyl (C=O) groups is 2. The van der Waals surface area contributed by atoms with E-state index in [-0.39, 0.29) is 6.03 Å². The van der Waals surface area contributed by atoms with Crippen LogP contribution in [0.15, 0.2) is 30.5 Å². The highest BCUT2D eigenvalue weighted by Gasteiger charge is 2.04. The molecule has 1 aromatic carbocycles. The third kappa shape index (κ3) is 4.74. The Hall–Kier alpha value is -2.61. The van der Waals surface area contributed by atoms with Crippen LogP contribution in [0.2, 0.25) is 0 Å². The van der Waals surface area contributed by atoms with E-state index in [1.165, 1.54) is 7.11 Å². The highest BCUT2D eigenvalue weighted by atomic mass is 32.1. The van der Waals surface area contributed by atoms with Crippen molar-refractivity contribution in [1.82, 2.24) is 10.3 Å². The van der Waals surface area contributed by atoms with Gasteiger partial charge in [-0.05, 0) is 31.2 Å². The minimum absolute atomic E-state index is 0.306. The number of nitrogens with zero attached hydrogens (tertiary/aromatic N) is 1. The molecule has 0 spiro atoms. The van der Waals surface area contributed by atoms with Crippen LogP contribution < -0.4 is 16.0 Å². The average molecular weight is 320 g/mol. The molecule has 3 amide bonds. The number of anilines is 2. The molecular weight excluding hydrogens is 304 g/mol. The maximum atomic E-state index is 11.8. The maximum absolute atomic E-state index is 11.8. The SMILES string of the molecule is COC(=O)Nc1ccc(NC(=O)NCc2cnc(C)s2)cc1. The number of thiazole rings is 1. The van der Waals surface area contributed by atoms with Crippen LogP contribution >= 0.6 is 11.3 Å². The van der Waals surface area contributed by atoms with Gasteiger partial charge in [0.1, 0.15) is 0 Å². The second kappa shape index (κ2) is 7.41. The molecule has 0 atom stereocenters. The summed E-state index contributed by atoms with van der Waals surface area (Å²) in [6, 6.07) is 6.39. The van der Waals surface area contributed by atoms with Gasteiger partial charge in [-0.2, -0.15) is 0 Å². The molecular formula is C14H16N4O3S. The van der Waals surface area contributed by atoms with Gasteiger partial charge in [0, 0.05) is 22.4 Å². The lowest BCUT2D eigenvalue weighted by molar-refractivity contribution is 0.187. The number of benzene rings is 1. The predicted molar refractivity (Wildman–Crippen MR) is 85.2 cm³/mol. The van der Waals surface area contributed by atoms with Crippen LogP contribution in [0.1, 0.15) is 9.88 Å². The van der Waals surface area contributed by atoms with Crippen LogP contribution in [-0.2, 0) is 11.3 Å². The van der Waals surface area contributed by atoms with Gasteiger partial charge in [0.05, 0.1) is 18.7 Å². The second-order valence-corrected chi connectivity index (χ2v) is 5.67. The number of nitrogens with one attached hydrogen (secondary N) is 3. The Morgan fingerprint density at radius 1 is 1.18 bits per heavy atom. The third-order valence-electron chi connectivity index (χ3n) is 2.67. The number of urea groups is 1. The first-order chi connectivity index (χ1) is 10.6. The van der Waals surface area contributed by atoms with Crippen LogP contribution in [0.25, 0.3) is 0 Å². The van der Waals surface area contributed by atoms with Crippen molar-refractivity contribution in [2.75, 3.05) is 17.7 Å². The van der Waals surface area contributed by atoms with E-state index in [0.29, 0.717) is 17.9 Å².